The van der Waals surface area contributed by atoms with Crippen LogP contribution in [0.1, 0.15) is 20.9 Å². The quantitative estimate of drug-likeness (QED) is 0.874. The highest BCUT2D eigenvalue weighted by molar-refractivity contribution is 7.15. The standard InChI is InChI=1S/C11H11N3O2S/c1-6-3-4-12-5-8(6)13-11-14-9(10(15)16)7(2)17-11/h3-5H,1-2H3,(H,13,14)(H,15,16). The molecule has 2 rings (SSSR count). The Balaban J connectivity index is 2.28. The van der Waals surface area contributed by atoms with Crippen molar-refractivity contribution in [1.82, 2.24) is 9.97 Å². The summed E-state index contributed by atoms with van der Waals surface area (Å²) in [6.07, 6.45) is 3.39. The van der Waals surface area contributed by atoms with Gasteiger partial charge in [-0.1, -0.05) is 0 Å². The van der Waals surface area contributed by atoms with Crippen LogP contribution in [0.25, 0.3) is 0 Å². The first kappa shape index (κ1) is 11.5. The smallest absolute Gasteiger partial charge is 0.355 e. The monoisotopic (exact) mass is 249 g/mol. The highest BCUT2D eigenvalue weighted by Crippen LogP contribution is 2.26. The van der Waals surface area contributed by atoms with Gasteiger partial charge in [-0.3, -0.25) is 4.98 Å². The van der Waals surface area contributed by atoms with Crippen molar-refractivity contribution < 1.29 is 9.90 Å². The second-order valence-corrected chi connectivity index (χ2v) is 4.75. The van der Waals surface area contributed by atoms with E-state index in [1.54, 1.807) is 19.3 Å². The number of aromatic nitrogens is 2. The molecule has 0 amide bonds. The molecule has 17 heavy (non-hydrogen) atoms. The van der Waals surface area contributed by atoms with Gasteiger partial charge in [-0.25, -0.2) is 9.78 Å². The zero-order chi connectivity index (χ0) is 12.4. The highest BCUT2D eigenvalue weighted by atomic mass is 32.1. The van der Waals surface area contributed by atoms with E-state index in [0.29, 0.717) is 10.0 Å². The van der Waals surface area contributed by atoms with Gasteiger partial charge in [0.25, 0.3) is 0 Å². The topological polar surface area (TPSA) is 75.1 Å². The number of pyridine rings is 1. The van der Waals surface area contributed by atoms with E-state index in [0.717, 1.165) is 11.3 Å². The number of hydrogen-bond acceptors (Lipinski definition) is 5. The fourth-order valence-corrected chi connectivity index (χ4v) is 2.18. The number of nitrogens with zero attached hydrogens (tertiary/aromatic N) is 2. The van der Waals surface area contributed by atoms with Gasteiger partial charge in [0.2, 0.25) is 0 Å². The third kappa shape index (κ3) is 2.42. The van der Waals surface area contributed by atoms with Crippen molar-refractivity contribution in [3.63, 3.8) is 0 Å². The van der Waals surface area contributed by atoms with Crippen LogP contribution in [0.4, 0.5) is 10.8 Å². The summed E-state index contributed by atoms with van der Waals surface area (Å²) in [7, 11) is 0. The lowest BCUT2D eigenvalue weighted by Crippen LogP contribution is -1.99. The van der Waals surface area contributed by atoms with Crippen LogP contribution < -0.4 is 5.32 Å². The molecule has 0 radical (unpaired) electrons. The minimum atomic E-state index is -1.00. The second-order valence-electron chi connectivity index (χ2n) is 3.54. The SMILES string of the molecule is Cc1ccncc1Nc1nc(C(=O)O)c(C)s1. The second kappa shape index (κ2) is 4.50. The maximum atomic E-state index is 10.9. The number of anilines is 2. The summed E-state index contributed by atoms with van der Waals surface area (Å²) in [5.41, 5.74) is 1.96. The van der Waals surface area contributed by atoms with Gasteiger partial charge in [0.05, 0.1) is 11.9 Å². The minimum absolute atomic E-state index is 0.0963. The lowest BCUT2D eigenvalue weighted by molar-refractivity contribution is 0.0690. The van der Waals surface area contributed by atoms with Gasteiger partial charge >= 0.3 is 5.97 Å². The first-order chi connectivity index (χ1) is 8.08. The molecule has 0 saturated carbocycles. The number of carbonyl (C=O) groups is 1. The maximum Gasteiger partial charge on any atom is 0.355 e. The first-order valence-corrected chi connectivity index (χ1v) is 5.78. The van der Waals surface area contributed by atoms with Crippen molar-refractivity contribution in [3.05, 3.63) is 34.6 Å². The molecule has 2 aromatic heterocycles. The summed E-state index contributed by atoms with van der Waals surface area (Å²) in [5.74, 6) is -1.00. The number of hydrogen-bond donors (Lipinski definition) is 2. The number of nitrogens with one attached hydrogen (secondary N) is 1. The first-order valence-electron chi connectivity index (χ1n) is 4.96. The van der Waals surface area contributed by atoms with Crippen molar-refractivity contribution in [2.24, 2.45) is 0 Å². The molecule has 0 aliphatic rings. The molecule has 0 aliphatic carbocycles. The van der Waals surface area contributed by atoms with Gasteiger partial charge in [0.15, 0.2) is 10.8 Å². The average molecular weight is 249 g/mol. The van der Waals surface area contributed by atoms with Crippen molar-refractivity contribution >= 4 is 28.1 Å². The fourth-order valence-electron chi connectivity index (χ4n) is 1.36. The summed E-state index contributed by atoms with van der Waals surface area (Å²) in [5, 5.41) is 12.5. The molecule has 6 heteroatoms. The summed E-state index contributed by atoms with van der Waals surface area (Å²) in [6.45, 7) is 3.69. The Kier molecular flexibility index (Phi) is 3.06. The summed E-state index contributed by atoms with van der Waals surface area (Å²) in [4.78, 5) is 19.6. The van der Waals surface area contributed by atoms with Crippen LogP contribution in [0.5, 0.6) is 0 Å². The predicted molar refractivity (Wildman–Crippen MR) is 66.1 cm³/mol. The fraction of sp³-hybridized carbons (Fsp3) is 0.182. The van der Waals surface area contributed by atoms with E-state index in [-0.39, 0.29) is 5.69 Å². The van der Waals surface area contributed by atoms with Crippen LogP contribution in [0.2, 0.25) is 0 Å². The van der Waals surface area contributed by atoms with Gasteiger partial charge in [-0.15, -0.1) is 11.3 Å². The van der Waals surface area contributed by atoms with Crippen LogP contribution in [0.3, 0.4) is 0 Å². The third-order valence-electron chi connectivity index (χ3n) is 2.28. The molecule has 88 valence electrons. The lowest BCUT2D eigenvalue weighted by Gasteiger charge is -2.04. The van der Waals surface area contributed by atoms with Crippen molar-refractivity contribution in [1.29, 1.82) is 0 Å². The van der Waals surface area contributed by atoms with Gasteiger partial charge in [-0.05, 0) is 25.5 Å². The van der Waals surface area contributed by atoms with E-state index >= 15 is 0 Å². The molecule has 0 bridgehead atoms. The Morgan fingerprint density at radius 3 is 2.82 bits per heavy atom. The molecule has 0 fully saturated rings. The number of rotatable bonds is 3. The zero-order valence-electron chi connectivity index (χ0n) is 9.39. The van der Waals surface area contributed by atoms with Crippen molar-refractivity contribution in [2.45, 2.75) is 13.8 Å². The van der Waals surface area contributed by atoms with Gasteiger partial charge in [0.1, 0.15) is 0 Å². The lowest BCUT2D eigenvalue weighted by atomic mass is 10.2. The third-order valence-corrected chi connectivity index (χ3v) is 3.17. The van der Waals surface area contributed by atoms with Crippen LogP contribution in [-0.2, 0) is 0 Å². The van der Waals surface area contributed by atoms with Gasteiger partial charge < -0.3 is 10.4 Å². The van der Waals surface area contributed by atoms with Gasteiger partial charge in [0, 0.05) is 11.1 Å². The highest BCUT2D eigenvalue weighted by Gasteiger charge is 2.14. The number of thiazole rings is 1. The summed E-state index contributed by atoms with van der Waals surface area (Å²) >= 11 is 1.32. The molecule has 2 N–H and O–H groups in total. The van der Waals surface area contributed by atoms with E-state index in [9.17, 15) is 4.79 Å². The van der Waals surface area contributed by atoms with E-state index in [2.05, 4.69) is 15.3 Å². The normalized spacial score (nSPS) is 10.2. The Hall–Kier alpha value is -1.95. The molecule has 2 heterocycles. The molecule has 5 nitrogen and oxygen atoms in total. The molecule has 0 unspecified atom stereocenters. The molecule has 0 atom stereocenters. The summed E-state index contributed by atoms with van der Waals surface area (Å²) < 4.78 is 0. The van der Waals surface area contributed by atoms with Crippen molar-refractivity contribution in [2.75, 3.05) is 5.32 Å². The Morgan fingerprint density at radius 1 is 1.47 bits per heavy atom. The molecule has 0 aliphatic heterocycles. The number of carboxylic acid groups (broad SMARTS) is 1. The van der Waals surface area contributed by atoms with Crippen LogP contribution in [-0.4, -0.2) is 21.0 Å². The van der Waals surface area contributed by atoms with Crippen molar-refractivity contribution in [3.8, 4) is 0 Å². The molecular formula is C11H11N3O2S. The summed E-state index contributed by atoms with van der Waals surface area (Å²) in [6, 6.07) is 1.88. The number of aryl methyl sites for hydroxylation is 2. The Morgan fingerprint density at radius 2 is 2.24 bits per heavy atom. The molecule has 0 spiro atoms. The predicted octanol–water partition coefficient (Wildman–Crippen LogP) is 2.60. The minimum Gasteiger partial charge on any atom is -0.476 e. The molecule has 2 aromatic rings. The zero-order valence-corrected chi connectivity index (χ0v) is 10.2. The molecule has 0 saturated heterocycles. The molecule has 0 aromatic carbocycles. The Labute approximate surface area is 102 Å². The van der Waals surface area contributed by atoms with Crippen LogP contribution in [0, 0.1) is 13.8 Å². The number of carboxylic acids is 1. The van der Waals surface area contributed by atoms with E-state index in [1.165, 1.54) is 11.3 Å². The molecular weight excluding hydrogens is 238 g/mol. The van der Waals surface area contributed by atoms with Crippen LogP contribution >= 0.6 is 11.3 Å². The van der Waals surface area contributed by atoms with E-state index < -0.39 is 5.97 Å². The largest absolute Gasteiger partial charge is 0.476 e. The average Bonchev–Trinajstić information content (AvgIpc) is 2.63. The van der Waals surface area contributed by atoms with E-state index in [1.807, 2.05) is 13.0 Å². The maximum absolute atomic E-state index is 10.9. The number of aromatic carboxylic acids is 1. The van der Waals surface area contributed by atoms with Gasteiger partial charge in [-0.2, -0.15) is 0 Å². The Bertz CT molecular complexity index is 566. The van der Waals surface area contributed by atoms with E-state index in [4.69, 9.17) is 5.11 Å². The van der Waals surface area contributed by atoms with Crippen LogP contribution in [0.15, 0.2) is 18.5 Å².